The Bertz CT molecular complexity index is 498. The van der Waals surface area contributed by atoms with E-state index in [9.17, 15) is 9.59 Å². The van der Waals surface area contributed by atoms with Crippen LogP contribution in [0.15, 0.2) is 18.2 Å². The highest BCUT2D eigenvalue weighted by Gasteiger charge is 2.21. The van der Waals surface area contributed by atoms with Crippen molar-refractivity contribution in [2.75, 3.05) is 5.32 Å². The minimum atomic E-state index is -0.901. The molecule has 110 valence electrons. The molecule has 0 saturated heterocycles. The van der Waals surface area contributed by atoms with Crippen LogP contribution in [0.25, 0.3) is 0 Å². The van der Waals surface area contributed by atoms with Gasteiger partial charge in [0.25, 0.3) is 0 Å². The summed E-state index contributed by atoms with van der Waals surface area (Å²) in [4.78, 5) is 22.4. The van der Waals surface area contributed by atoms with E-state index in [0.29, 0.717) is 22.2 Å². The maximum absolute atomic E-state index is 11.8. The van der Waals surface area contributed by atoms with Crippen molar-refractivity contribution < 1.29 is 14.7 Å². The van der Waals surface area contributed by atoms with Crippen molar-refractivity contribution in [2.45, 2.75) is 32.2 Å². The smallest absolute Gasteiger partial charge is 0.319 e. The molecule has 0 atom stereocenters. The normalized spacial score (nSPS) is 11.0. The molecule has 7 heteroatoms. The van der Waals surface area contributed by atoms with E-state index in [1.54, 1.807) is 32.0 Å². The molecule has 20 heavy (non-hydrogen) atoms. The number of hydrogen-bond acceptors (Lipinski definition) is 2. The first-order chi connectivity index (χ1) is 9.18. The Balaban J connectivity index is 2.60. The SMILES string of the molecule is CC(C)(CCC(=O)O)NC(=O)Nc1cc(Cl)cc(Cl)c1. The number of nitrogens with one attached hydrogen (secondary N) is 2. The molecule has 5 nitrogen and oxygen atoms in total. The van der Waals surface area contributed by atoms with E-state index in [2.05, 4.69) is 10.6 Å². The number of rotatable bonds is 5. The van der Waals surface area contributed by atoms with E-state index in [-0.39, 0.29) is 6.42 Å². The molecule has 0 aromatic heterocycles. The minimum Gasteiger partial charge on any atom is -0.481 e. The number of aliphatic carboxylic acids is 1. The Morgan fingerprint density at radius 3 is 2.25 bits per heavy atom. The average Bonchev–Trinajstić information content (AvgIpc) is 2.23. The van der Waals surface area contributed by atoms with Crippen molar-refractivity contribution in [3.05, 3.63) is 28.2 Å². The molecule has 0 radical (unpaired) electrons. The Hall–Kier alpha value is -1.46. The first-order valence-electron chi connectivity index (χ1n) is 5.95. The fourth-order valence-electron chi connectivity index (χ4n) is 1.58. The number of urea groups is 1. The minimum absolute atomic E-state index is 0.0176. The highest BCUT2D eigenvalue weighted by atomic mass is 35.5. The molecular formula is C13H16Cl2N2O3. The van der Waals surface area contributed by atoms with Crippen molar-refractivity contribution in [3.8, 4) is 0 Å². The molecule has 0 aliphatic rings. The zero-order valence-corrected chi connectivity index (χ0v) is 12.7. The van der Waals surface area contributed by atoms with Gasteiger partial charge in [-0.05, 0) is 38.5 Å². The predicted octanol–water partition coefficient (Wildman–Crippen LogP) is 3.76. The van der Waals surface area contributed by atoms with Crippen molar-refractivity contribution in [1.82, 2.24) is 5.32 Å². The molecule has 1 aromatic carbocycles. The molecule has 1 aromatic rings. The number of benzene rings is 1. The predicted molar refractivity (Wildman–Crippen MR) is 79.6 cm³/mol. The molecule has 0 aliphatic heterocycles. The zero-order valence-electron chi connectivity index (χ0n) is 11.2. The molecule has 0 spiro atoms. The maximum Gasteiger partial charge on any atom is 0.319 e. The van der Waals surface area contributed by atoms with Crippen LogP contribution in [0.2, 0.25) is 10.0 Å². The quantitative estimate of drug-likeness (QED) is 0.773. The van der Waals surface area contributed by atoms with Gasteiger partial charge in [-0.1, -0.05) is 23.2 Å². The highest BCUT2D eigenvalue weighted by Crippen LogP contribution is 2.22. The fraction of sp³-hybridized carbons (Fsp3) is 0.385. The second kappa shape index (κ2) is 6.81. The third-order valence-corrected chi connectivity index (χ3v) is 2.97. The first-order valence-corrected chi connectivity index (χ1v) is 6.70. The summed E-state index contributed by atoms with van der Waals surface area (Å²) in [5.74, 6) is -0.901. The van der Waals surface area contributed by atoms with Crippen LogP contribution in [-0.2, 0) is 4.79 Å². The van der Waals surface area contributed by atoms with Crippen molar-refractivity contribution in [2.24, 2.45) is 0 Å². The highest BCUT2D eigenvalue weighted by molar-refractivity contribution is 6.35. The summed E-state index contributed by atoms with van der Waals surface area (Å²) < 4.78 is 0. The van der Waals surface area contributed by atoms with Crippen molar-refractivity contribution in [1.29, 1.82) is 0 Å². The molecular weight excluding hydrogens is 303 g/mol. The Kier molecular flexibility index (Phi) is 5.65. The summed E-state index contributed by atoms with van der Waals surface area (Å²) in [5.41, 5.74) is -0.167. The van der Waals surface area contributed by atoms with Crippen LogP contribution >= 0.6 is 23.2 Å². The van der Waals surface area contributed by atoms with Gasteiger partial charge >= 0.3 is 12.0 Å². The van der Waals surface area contributed by atoms with Crippen LogP contribution in [0, 0.1) is 0 Å². The van der Waals surface area contributed by atoms with Crippen LogP contribution in [0.1, 0.15) is 26.7 Å². The zero-order chi connectivity index (χ0) is 15.3. The molecule has 2 amide bonds. The number of anilines is 1. The van der Waals surface area contributed by atoms with Gasteiger partial charge in [0.15, 0.2) is 0 Å². The summed E-state index contributed by atoms with van der Waals surface area (Å²) in [7, 11) is 0. The summed E-state index contributed by atoms with van der Waals surface area (Å²) in [6.45, 7) is 3.50. The largest absolute Gasteiger partial charge is 0.481 e. The van der Waals surface area contributed by atoms with Gasteiger partial charge in [0.2, 0.25) is 0 Å². The lowest BCUT2D eigenvalue weighted by atomic mass is 9.99. The third kappa shape index (κ3) is 6.12. The van der Waals surface area contributed by atoms with Gasteiger partial charge in [-0.15, -0.1) is 0 Å². The number of carboxylic acid groups (broad SMARTS) is 1. The number of carboxylic acids is 1. The second-order valence-corrected chi connectivity index (χ2v) is 5.89. The molecule has 0 bridgehead atoms. The Morgan fingerprint density at radius 2 is 1.75 bits per heavy atom. The molecule has 0 heterocycles. The van der Waals surface area contributed by atoms with Gasteiger partial charge in [-0.25, -0.2) is 4.79 Å². The third-order valence-electron chi connectivity index (χ3n) is 2.54. The standard InChI is InChI=1S/C13H16Cl2N2O3/c1-13(2,4-3-11(18)19)17-12(20)16-10-6-8(14)5-9(15)7-10/h5-7H,3-4H2,1-2H3,(H,18,19)(H2,16,17,20). The molecule has 0 unspecified atom stereocenters. The topological polar surface area (TPSA) is 78.4 Å². The van der Waals surface area contributed by atoms with E-state index < -0.39 is 17.5 Å². The van der Waals surface area contributed by atoms with Crippen LogP contribution in [0.3, 0.4) is 0 Å². The second-order valence-electron chi connectivity index (χ2n) is 5.01. The summed E-state index contributed by atoms with van der Waals surface area (Å²) in [6, 6.07) is 4.25. The fourth-order valence-corrected chi connectivity index (χ4v) is 2.10. The maximum atomic E-state index is 11.8. The average molecular weight is 319 g/mol. The van der Waals surface area contributed by atoms with Gasteiger partial charge in [0.05, 0.1) is 0 Å². The van der Waals surface area contributed by atoms with Gasteiger partial charge < -0.3 is 15.7 Å². The van der Waals surface area contributed by atoms with Crippen LogP contribution in [-0.4, -0.2) is 22.6 Å². The molecule has 0 saturated carbocycles. The molecule has 1 rings (SSSR count). The van der Waals surface area contributed by atoms with E-state index in [1.165, 1.54) is 0 Å². The van der Waals surface area contributed by atoms with Crippen LogP contribution in [0.4, 0.5) is 10.5 Å². The lowest BCUT2D eigenvalue weighted by Gasteiger charge is -2.25. The van der Waals surface area contributed by atoms with E-state index in [4.69, 9.17) is 28.3 Å². The molecule has 3 N–H and O–H groups in total. The molecule has 0 aliphatic carbocycles. The number of halogens is 2. The van der Waals surface area contributed by atoms with E-state index in [1.807, 2.05) is 0 Å². The number of carbonyl (C=O) groups is 2. The summed E-state index contributed by atoms with van der Waals surface area (Å²) in [6.07, 6.45) is 0.308. The van der Waals surface area contributed by atoms with Crippen molar-refractivity contribution >= 4 is 40.9 Å². The van der Waals surface area contributed by atoms with Crippen LogP contribution in [0.5, 0.6) is 0 Å². The van der Waals surface area contributed by atoms with Gasteiger partial charge in [-0.3, -0.25) is 4.79 Å². The van der Waals surface area contributed by atoms with Gasteiger partial charge in [0, 0.05) is 27.7 Å². The lowest BCUT2D eigenvalue weighted by Crippen LogP contribution is -2.45. The van der Waals surface area contributed by atoms with E-state index in [0.717, 1.165) is 0 Å². The summed E-state index contributed by atoms with van der Waals surface area (Å²) >= 11 is 11.7. The number of carbonyl (C=O) groups excluding carboxylic acids is 1. The van der Waals surface area contributed by atoms with Crippen molar-refractivity contribution in [3.63, 3.8) is 0 Å². The van der Waals surface area contributed by atoms with Gasteiger partial charge in [0.1, 0.15) is 0 Å². The lowest BCUT2D eigenvalue weighted by molar-refractivity contribution is -0.137. The van der Waals surface area contributed by atoms with Crippen LogP contribution < -0.4 is 10.6 Å². The van der Waals surface area contributed by atoms with E-state index >= 15 is 0 Å². The molecule has 0 fully saturated rings. The Labute approximate surface area is 127 Å². The number of amides is 2. The Morgan fingerprint density at radius 1 is 1.20 bits per heavy atom. The number of hydrogen-bond donors (Lipinski definition) is 3. The first kappa shape index (κ1) is 16.6. The van der Waals surface area contributed by atoms with Gasteiger partial charge in [-0.2, -0.15) is 0 Å². The summed E-state index contributed by atoms with van der Waals surface area (Å²) in [5, 5.41) is 14.8. The monoisotopic (exact) mass is 318 g/mol.